The van der Waals surface area contributed by atoms with E-state index >= 15 is 0 Å². The van der Waals surface area contributed by atoms with E-state index in [2.05, 4.69) is 19.1 Å². The normalized spacial score (nSPS) is 28.2. The molecule has 1 aliphatic heterocycles. The van der Waals surface area contributed by atoms with Gasteiger partial charge in [0, 0.05) is 12.7 Å². The predicted molar refractivity (Wildman–Crippen MR) is 69.4 cm³/mol. The summed E-state index contributed by atoms with van der Waals surface area (Å²) in [6.07, 6.45) is 1.74. The molecule has 1 aromatic rings. The van der Waals surface area contributed by atoms with Gasteiger partial charge in [-0.15, -0.1) is 11.6 Å². The Balaban J connectivity index is 1.90. The molecule has 3 heteroatoms. The van der Waals surface area contributed by atoms with Crippen LogP contribution in [0.1, 0.15) is 29.8 Å². The van der Waals surface area contributed by atoms with Crippen LogP contribution in [-0.4, -0.2) is 13.0 Å². The SMILES string of the molecule is CC1CC1C(Cl)c1ccc2c(c1)CC(=O)N2C. The van der Waals surface area contributed by atoms with Crippen molar-refractivity contribution >= 4 is 23.2 Å². The van der Waals surface area contributed by atoms with Gasteiger partial charge in [-0.25, -0.2) is 0 Å². The Morgan fingerprint density at radius 2 is 2.18 bits per heavy atom. The zero-order chi connectivity index (χ0) is 12.2. The van der Waals surface area contributed by atoms with E-state index in [1.165, 1.54) is 12.0 Å². The van der Waals surface area contributed by atoms with E-state index in [-0.39, 0.29) is 11.3 Å². The summed E-state index contributed by atoms with van der Waals surface area (Å²) in [6, 6.07) is 6.20. The largest absolute Gasteiger partial charge is 0.315 e. The van der Waals surface area contributed by atoms with Gasteiger partial charge in [-0.05, 0) is 35.4 Å². The summed E-state index contributed by atoms with van der Waals surface area (Å²) in [5.74, 6) is 1.53. The molecule has 0 aromatic heterocycles. The molecule has 2 aliphatic rings. The molecule has 17 heavy (non-hydrogen) atoms. The molecule has 2 nitrogen and oxygen atoms in total. The molecule has 1 amide bonds. The van der Waals surface area contributed by atoms with Crippen molar-refractivity contribution in [3.05, 3.63) is 29.3 Å². The third-order valence-electron chi connectivity index (χ3n) is 4.05. The second-order valence-corrected chi connectivity index (χ2v) is 5.77. The van der Waals surface area contributed by atoms with Crippen molar-refractivity contribution in [2.75, 3.05) is 11.9 Å². The summed E-state index contributed by atoms with van der Waals surface area (Å²) in [5, 5.41) is 0.108. The number of likely N-dealkylation sites (N-methyl/N-ethyl adjacent to an activating group) is 1. The number of carbonyl (C=O) groups excluding carboxylic acids is 1. The molecule has 3 atom stereocenters. The summed E-state index contributed by atoms with van der Waals surface area (Å²) in [6.45, 7) is 2.24. The van der Waals surface area contributed by atoms with Crippen LogP contribution in [0.5, 0.6) is 0 Å². The Bertz CT molecular complexity index is 485. The van der Waals surface area contributed by atoms with Crippen LogP contribution in [0.2, 0.25) is 0 Å². The number of anilines is 1. The molecule has 0 radical (unpaired) electrons. The van der Waals surface area contributed by atoms with Crippen LogP contribution >= 0.6 is 11.6 Å². The van der Waals surface area contributed by atoms with Crippen LogP contribution in [0, 0.1) is 11.8 Å². The first kappa shape index (κ1) is 11.1. The third kappa shape index (κ3) is 1.75. The van der Waals surface area contributed by atoms with Gasteiger partial charge < -0.3 is 4.90 Å². The van der Waals surface area contributed by atoms with Crippen LogP contribution in [0.4, 0.5) is 5.69 Å². The van der Waals surface area contributed by atoms with Crippen LogP contribution in [-0.2, 0) is 11.2 Å². The Morgan fingerprint density at radius 1 is 1.47 bits per heavy atom. The van der Waals surface area contributed by atoms with E-state index in [0.717, 1.165) is 17.2 Å². The van der Waals surface area contributed by atoms with Crippen molar-refractivity contribution in [2.45, 2.75) is 25.1 Å². The molecule has 0 N–H and O–H groups in total. The van der Waals surface area contributed by atoms with Crippen LogP contribution < -0.4 is 4.90 Å². The molecule has 1 heterocycles. The summed E-state index contributed by atoms with van der Waals surface area (Å²) in [7, 11) is 1.83. The number of halogens is 1. The zero-order valence-corrected chi connectivity index (χ0v) is 10.9. The van der Waals surface area contributed by atoms with E-state index < -0.39 is 0 Å². The van der Waals surface area contributed by atoms with Gasteiger partial charge in [0.15, 0.2) is 0 Å². The van der Waals surface area contributed by atoms with Gasteiger partial charge in [-0.3, -0.25) is 4.79 Å². The summed E-state index contributed by atoms with van der Waals surface area (Å²) in [5.41, 5.74) is 3.32. The van der Waals surface area contributed by atoms with E-state index in [4.69, 9.17) is 11.6 Å². The first-order valence-electron chi connectivity index (χ1n) is 6.11. The Labute approximate surface area is 107 Å². The van der Waals surface area contributed by atoms with Crippen molar-refractivity contribution in [3.8, 4) is 0 Å². The lowest BCUT2D eigenvalue weighted by Gasteiger charge is -2.13. The second kappa shape index (κ2) is 3.74. The predicted octanol–water partition coefficient (Wildman–Crippen LogP) is 3.14. The third-order valence-corrected chi connectivity index (χ3v) is 4.62. The number of carbonyl (C=O) groups is 1. The molecular weight excluding hydrogens is 234 g/mol. The maximum atomic E-state index is 11.6. The molecule has 0 saturated heterocycles. The lowest BCUT2D eigenvalue weighted by atomic mass is 10.0. The Hall–Kier alpha value is -1.02. The summed E-state index contributed by atoms with van der Waals surface area (Å²) < 4.78 is 0. The van der Waals surface area contributed by atoms with E-state index in [0.29, 0.717) is 12.3 Å². The minimum absolute atomic E-state index is 0.108. The number of benzene rings is 1. The van der Waals surface area contributed by atoms with Crippen molar-refractivity contribution < 1.29 is 4.79 Å². The molecule has 90 valence electrons. The van der Waals surface area contributed by atoms with Gasteiger partial charge in [0.1, 0.15) is 0 Å². The lowest BCUT2D eigenvalue weighted by Crippen LogP contribution is -2.20. The van der Waals surface area contributed by atoms with Crippen LogP contribution in [0.15, 0.2) is 18.2 Å². The second-order valence-electron chi connectivity index (χ2n) is 5.30. The van der Waals surface area contributed by atoms with Crippen LogP contribution in [0.25, 0.3) is 0 Å². The fourth-order valence-corrected chi connectivity index (χ4v) is 3.15. The number of nitrogens with zero attached hydrogens (tertiary/aromatic N) is 1. The van der Waals surface area contributed by atoms with E-state index in [1.807, 2.05) is 13.1 Å². The first-order valence-corrected chi connectivity index (χ1v) is 6.55. The number of hydrogen-bond acceptors (Lipinski definition) is 1. The summed E-state index contributed by atoms with van der Waals surface area (Å²) >= 11 is 6.47. The average molecular weight is 250 g/mol. The number of fused-ring (bicyclic) bond motifs is 1. The highest BCUT2D eigenvalue weighted by molar-refractivity contribution is 6.21. The van der Waals surface area contributed by atoms with Gasteiger partial charge >= 0.3 is 0 Å². The quantitative estimate of drug-likeness (QED) is 0.738. The van der Waals surface area contributed by atoms with E-state index in [1.54, 1.807) is 4.90 Å². The molecule has 0 spiro atoms. The number of hydrogen-bond donors (Lipinski definition) is 0. The maximum absolute atomic E-state index is 11.6. The topological polar surface area (TPSA) is 20.3 Å². The highest BCUT2D eigenvalue weighted by Gasteiger charge is 2.39. The van der Waals surface area contributed by atoms with Gasteiger partial charge in [-0.1, -0.05) is 19.1 Å². The molecule has 1 aromatic carbocycles. The minimum Gasteiger partial charge on any atom is -0.315 e. The van der Waals surface area contributed by atoms with Gasteiger partial charge in [0.25, 0.3) is 0 Å². The molecule has 3 unspecified atom stereocenters. The molecule has 3 rings (SSSR count). The smallest absolute Gasteiger partial charge is 0.231 e. The fourth-order valence-electron chi connectivity index (χ4n) is 2.67. The van der Waals surface area contributed by atoms with Crippen molar-refractivity contribution in [1.82, 2.24) is 0 Å². The van der Waals surface area contributed by atoms with Gasteiger partial charge in [-0.2, -0.15) is 0 Å². The Morgan fingerprint density at radius 3 is 2.82 bits per heavy atom. The van der Waals surface area contributed by atoms with Crippen molar-refractivity contribution in [2.24, 2.45) is 11.8 Å². The fraction of sp³-hybridized carbons (Fsp3) is 0.500. The van der Waals surface area contributed by atoms with Crippen molar-refractivity contribution in [1.29, 1.82) is 0 Å². The van der Waals surface area contributed by atoms with E-state index in [9.17, 15) is 4.79 Å². The standard InChI is InChI=1S/C14H16ClNO/c1-8-5-11(8)14(15)9-3-4-12-10(6-9)7-13(17)16(12)2/h3-4,6,8,11,14H,5,7H2,1-2H3. The lowest BCUT2D eigenvalue weighted by molar-refractivity contribution is -0.117. The van der Waals surface area contributed by atoms with Crippen LogP contribution in [0.3, 0.4) is 0 Å². The molecule has 1 fully saturated rings. The first-order chi connectivity index (χ1) is 8.08. The molecule has 1 aliphatic carbocycles. The highest BCUT2D eigenvalue weighted by Crippen LogP contribution is 2.50. The van der Waals surface area contributed by atoms with Gasteiger partial charge in [0.2, 0.25) is 5.91 Å². The molecule has 0 bridgehead atoms. The van der Waals surface area contributed by atoms with Crippen molar-refractivity contribution in [3.63, 3.8) is 0 Å². The summed E-state index contributed by atoms with van der Waals surface area (Å²) in [4.78, 5) is 13.3. The monoisotopic (exact) mass is 249 g/mol. The highest BCUT2D eigenvalue weighted by atomic mass is 35.5. The Kier molecular flexibility index (Phi) is 2.44. The average Bonchev–Trinajstić information content (AvgIpc) is 2.97. The molecular formula is C14H16ClNO. The van der Waals surface area contributed by atoms with Gasteiger partial charge in [0.05, 0.1) is 11.8 Å². The number of amides is 1. The minimum atomic E-state index is 0.108. The number of alkyl halides is 1. The zero-order valence-electron chi connectivity index (χ0n) is 10.1. The maximum Gasteiger partial charge on any atom is 0.231 e. The number of rotatable bonds is 2. The molecule has 1 saturated carbocycles.